The molecule has 0 aliphatic carbocycles. The van der Waals surface area contributed by atoms with Gasteiger partial charge in [0, 0.05) is 27.4 Å². The van der Waals surface area contributed by atoms with Crippen molar-refractivity contribution in [1.82, 2.24) is 0 Å². The lowest BCUT2D eigenvalue weighted by Gasteiger charge is -2.32. The van der Waals surface area contributed by atoms with Crippen molar-refractivity contribution in [3.8, 4) is 0 Å². The molecular formula is C35H46BrS2+. The van der Waals surface area contributed by atoms with Crippen molar-refractivity contribution in [1.29, 1.82) is 0 Å². The van der Waals surface area contributed by atoms with Gasteiger partial charge in [-0.1, -0.05) is 123 Å². The Hall–Kier alpha value is -1.42. The van der Waals surface area contributed by atoms with Crippen LogP contribution < -0.4 is 0 Å². The van der Waals surface area contributed by atoms with Crippen LogP contribution in [0.5, 0.6) is 0 Å². The molecule has 0 spiro atoms. The van der Waals surface area contributed by atoms with Gasteiger partial charge in [0.05, 0.1) is 0 Å². The van der Waals surface area contributed by atoms with E-state index < -0.39 is 0 Å². The van der Waals surface area contributed by atoms with Crippen LogP contribution in [0.25, 0.3) is 11.6 Å². The molecule has 0 saturated heterocycles. The second-order valence-electron chi connectivity index (χ2n) is 14.5. The maximum atomic E-state index is 3.63. The summed E-state index contributed by atoms with van der Waals surface area (Å²) in [6.07, 6.45) is 9.54. The second kappa shape index (κ2) is 11.2. The maximum absolute atomic E-state index is 3.63. The van der Waals surface area contributed by atoms with Crippen LogP contribution in [0.2, 0.25) is 0 Å². The highest BCUT2D eigenvalue weighted by Crippen LogP contribution is 2.49. The highest BCUT2D eigenvalue weighted by atomic mass is 79.9. The molecule has 38 heavy (non-hydrogen) atoms. The van der Waals surface area contributed by atoms with Gasteiger partial charge in [-0.25, -0.2) is 0 Å². The van der Waals surface area contributed by atoms with Gasteiger partial charge in [-0.3, -0.25) is 0 Å². The van der Waals surface area contributed by atoms with Crippen LogP contribution in [0.4, 0.5) is 0 Å². The van der Waals surface area contributed by atoms with Crippen LogP contribution in [0.1, 0.15) is 104 Å². The molecule has 1 aliphatic heterocycles. The minimum absolute atomic E-state index is 0.0973. The first-order chi connectivity index (χ1) is 17.2. The standard InChI is InChI=1S/C35H46BrS2/c1-32(2,3)28-19-23(20-29(37-28)33(4,5)6)17-26(25-13-15-27(36)16-14-25)18-24-21-30(34(7,8)9)38-31(22-24)35(10,11)12/h13-22H,1-12H3/q+1. The molecule has 3 heteroatoms. The molecular weight excluding hydrogens is 564 g/mol. The molecule has 1 aromatic heterocycles. The fourth-order valence-corrected chi connectivity index (χ4v) is 6.64. The van der Waals surface area contributed by atoms with Crippen LogP contribution in [-0.2, 0) is 10.8 Å². The Labute approximate surface area is 249 Å². The molecule has 1 aliphatic rings. The number of rotatable bonds is 3. The van der Waals surface area contributed by atoms with Crippen LogP contribution in [0, 0.1) is 10.8 Å². The Morgan fingerprint density at radius 2 is 1.13 bits per heavy atom. The van der Waals surface area contributed by atoms with Crippen molar-refractivity contribution in [2.75, 3.05) is 0 Å². The number of allylic oxidation sites excluding steroid dienone is 7. The molecule has 0 amide bonds. The Morgan fingerprint density at radius 3 is 1.53 bits per heavy atom. The summed E-state index contributed by atoms with van der Waals surface area (Å²) < 4.78 is 1.10. The molecule has 2 aromatic rings. The molecule has 0 unspecified atom stereocenters. The van der Waals surface area contributed by atoms with Gasteiger partial charge in [0.1, 0.15) is 0 Å². The van der Waals surface area contributed by atoms with E-state index in [1.54, 1.807) is 0 Å². The predicted octanol–water partition coefficient (Wildman–Crippen LogP) is 12.5. The van der Waals surface area contributed by atoms with Gasteiger partial charge >= 0.3 is 0 Å². The zero-order valence-electron chi connectivity index (χ0n) is 25.5. The van der Waals surface area contributed by atoms with Gasteiger partial charge < -0.3 is 0 Å². The third kappa shape index (κ3) is 8.29. The first kappa shape index (κ1) is 31.1. The van der Waals surface area contributed by atoms with E-state index in [2.05, 4.69) is 160 Å². The summed E-state index contributed by atoms with van der Waals surface area (Å²) in [6.45, 7) is 27.8. The fourth-order valence-electron chi connectivity index (χ4n) is 3.90. The Balaban J connectivity index is 2.30. The van der Waals surface area contributed by atoms with Crippen molar-refractivity contribution >= 4 is 50.7 Å². The molecule has 0 atom stereocenters. The summed E-state index contributed by atoms with van der Waals surface area (Å²) in [5, 5.41) is 0. The lowest BCUT2D eigenvalue weighted by molar-refractivity contribution is 0.521. The maximum Gasteiger partial charge on any atom is 0.219 e. The van der Waals surface area contributed by atoms with Gasteiger partial charge in [0.2, 0.25) is 21.1 Å². The van der Waals surface area contributed by atoms with Crippen LogP contribution in [0.3, 0.4) is 0 Å². The summed E-state index contributed by atoms with van der Waals surface area (Å²) >= 11 is 7.52. The average Bonchev–Trinajstić information content (AvgIpc) is 2.76. The van der Waals surface area contributed by atoms with Gasteiger partial charge in [0.15, 0.2) is 0 Å². The summed E-state index contributed by atoms with van der Waals surface area (Å²) in [5.74, 6) is 0. The second-order valence-corrected chi connectivity index (χ2v) is 17.6. The molecule has 0 radical (unpaired) electrons. The zero-order chi connectivity index (χ0) is 28.7. The lowest BCUT2D eigenvalue weighted by atomic mass is 9.90. The van der Waals surface area contributed by atoms with Gasteiger partial charge in [-0.15, -0.1) is 0 Å². The normalized spacial score (nSPS) is 15.8. The van der Waals surface area contributed by atoms with Crippen molar-refractivity contribution in [2.24, 2.45) is 10.8 Å². The summed E-state index contributed by atoms with van der Waals surface area (Å²) in [7, 11) is 0. The minimum Gasteiger partial charge on any atom is -0.0978 e. The quantitative estimate of drug-likeness (QED) is 0.312. The van der Waals surface area contributed by atoms with E-state index in [-0.39, 0.29) is 21.7 Å². The molecule has 0 bridgehead atoms. The summed E-state index contributed by atoms with van der Waals surface area (Å²) in [5.41, 5.74) is 5.36. The van der Waals surface area contributed by atoms with Gasteiger partial charge in [0.25, 0.3) is 0 Å². The fraction of sp³-hybridized carbons (Fsp3) is 0.457. The Kier molecular flexibility index (Phi) is 9.19. The largest absolute Gasteiger partial charge is 0.219 e. The third-order valence-electron chi connectivity index (χ3n) is 6.41. The molecule has 3 rings (SSSR count). The molecule has 0 nitrogen and oxygen atoms in total. The van der Waals surface area contributed by atoms with Crippen LogP contribution in [0.15, 0.2) is 74.5 Å². The van der Waals surface area contributed by atoms with E-state index >= 15 is 0 Å². The summed E-state index contributed by atoms with van der Waals surface area (Å²) in [4.78, 5) is 5.66. The molecule has 1 aromatic carbocycles. The predicted molar refractivity (Wildman–Crippen MR) is 179 cm³/mol. The molecule has 204 valence electrons. The first-order valence-corrected chi connectivity index (χ1v) is 16.0. The van der Waals surface area contributed by atoms with Gasteiger partial charge in [-0.2, -0.15) is 0 Å². The number of hydrogen-bond acceptors (Lipinski definition) is 1. The topological polar surface area (TPSA) is 0 Å². The SMILES string of the molecule is CC(C)(C)C1=CC(=C/C(=C\c2cc(C(C)(C)C)[s+]c(C(C)(C)C)c2)c2ccc(Br)cc2)C=C(C(C)(C)C)S1. The first-order valence-electron chi connectivity index (χ1n) is 13.5. The number of thioether (sulfide) groups is 1. The van der Waals surface area contributed by atoms with E-state index in [0.717, 1.165) is 4.47 Å². The molecule has 0 fully saturated rings. The van der Waals surface area contributed by atoms with Crippen molar-refractivity contribution in [3.05, 3.63) is 95.4 Å². The highest BCUT2D eigenvalue weighted by Gasteiger charge is 2.32. The molecule has 2 heterocycles. The summed E-state index contributed by atoms with van der Waals surface area (Å²) in [6, 6.07) is 13.5. The van der Waals surface area contributed by atoms with Crippen molar-refractivity contribution < 1.29 is 0 Å². The monoisotopic (exact) mass is 609 g/mol. The average molecular weight is 611 g/mol. The van der Waals surface area contributed by atoms with Crippen molar-refractivity contribution in [2.45, 2.75) is 93.9 Å². The van der Waals surface area contributed by atoms with Gasteiger partial charge in [-0.05, 0) is 79.4 Å². The molecule has 0 N–H and O–H groups in total. The van der Waals surface area contributed by atoms with Crippen LogP contribution >= 0.6 is 39.0 Å². The number of benzene rings is 1. The van der Waals surface area contributed by atoms with E-state index in [0.29, 0.717) is 0 Å². The van der Waals surface area contributed by atoms with E-state index in [4.69, 9.17) is 0 Å². The van der Waals surface area contributed by atoms with E-state index in [9.17, 15) is 0 Å². The zero-order valence-corrected chi connectivity index (χ0v) is 28.7. The van der Waals surface area contributed by atoms with E-state index in [1.807, 2.05) is 23.1 Å². The Bertz CT molecular complexity index is 1230. The Morgan fingerprint density at radius 1 is 0.684 bits per heavy atom. The van der Waals surface area contributed by atoms with E-state index in [1.165, 1.54) is 41.8 Å². The van der Waals surface area contributed by atoms with Crippen LogP contribution in [-0.4, -0.2) is 0 Å². The number of halogens is 1. The lowest BCUT2D eigenvalue weighted by Crippen LogP contribution is -2.14. The minimum atomic E-state index is 0.0973. The third-order valence-corrected chi connectivity index (χ3v) is 10.7. The number of hydrogen-bond donors (Lipinski definition) is 0. The smallest absolute Gasteiger partial charge is 0.0978 e. The van der Waals surface area contributed by atoms with Crippen molar-refractivity contribution in [3.63, 3.8) is 0 Å². The molecule has 0 saturated carbocycles. The highest BCUT2D eigenvalue weighted by molar-refractivity contribution is 9.10.